The first-order valence-electron chi connectivity index (χ1n) is 13.0. The van der Waals surface area contributed by atoms with Crippen molar-refractivity contribution in [2.24, 2.45) is 0 Å². The Morgan fingerprint density at radius 3 is 2.59 bits per heavy atom. The van der Waals surface area contributed by atoms with E-state index in [0.717, 1.165) is 60.3 Å². The van der Waals surface area contributed by atoms with Crippen LogP contribution in [-0.4, -0.2) is 41.5 Å². The van der Waals surface area contributed by atoms with Crippen molar-refractivity contribution < 1.29 is 53.7 Å². The number of aryl methyl sites for hydroxylation is 1. The summed E-state index contributed by atoms with van der Waals surface area (Å²) in [6.07, 6.45) is 4.45. The van der Waals surface area contributed by atoms with Crippen molar-refractivity contribution in [2.75, 3.05) is 19.7 Å². The molecule has 1 aliphatic heterocycles. The van der Waals surface area contributed by atoms with Crippen molar-refractivity contribution in [1.29, 1.82) is 0 Å². The fourth-order valence-electron chi connectivity index (χ4n) is 4.58. The summed E-state index contributed by atoms with van der Waals surface area (Å²) in [4.78, 5) is 29.3. The molecule has 39 heavy (non-hydrogen) atoms. The van der Waals surface area contributed by atoms with Gasteiger partial charge in [0.25, 0.3) is 0 Å². The number of hydrogen-bond donors (Lipinski definition) is 0. The van der Waals surface area contributed by atoms with Crippen molar-refractivity contribution in [2.45, 2.75) is 51.7 Å². The molecule has 0 unspecified atom stereocenters. The Bertz CT molecular complexity index is 1240. The van der Waals surface area contributed by atoms with Gasteiger partial charge in [0, 0.05) is 66.5 Å². The van der Waals surface area contributed by atoms with Gasteiger partial charge in [0.1, 0.15) is 12.4 Å². The molecule has 0 bridgehead atoms. The molecule has 7 nitrogen and oxygen atoms in total. The molecule has 1 aliphatic rings. The predicted octanol–water partition coefficient (Wildman–Crippen LogP) is 1.76. The third-order valence-electron chi connectivity index (χ3n) is 6.58. The van der Waals surface area contributed by atoms with Gasteiger partial charge in [-0.15, -0.1) is 0 Å². The molecular formula is C30H32ClN2NaO5. The molecular weight excluding hydrogens is 527 g/mol. The maximum absolute atomic E-state index is 11.8. The Labute approximate surface area is 256 Å². The van der Waals surface area contributed by atoms with E-state index >= 15 is 0 Å². The van der Waals surface area contributed by atoms with Gasteiger partial charge in [-0.3, -0.25) is 9.78 Å². The minimum absolute atomic E-state index is 0. The van der Waals surface area contributed by atoms with Crippen molar-refractivity contribution in [3.63, 3.8) is 0 Å². The van der Waals surface area contributed by atoms with E-state index in [1.54, 1.807) is 12.1 Å². The fraction of sp³-hybridized carbons (Fsp3) is 0.367. The zero-order valence-corrected chi connectivity index (χ0v) is 25.3. The van der Waals surface area contributed by atoms with Crippen molar-refractivity contribution in [3.8, 4) is 16.9 Å². The average molecular weight is 559 g/mol. The number of nitrogens with zero attached hydrogens (tertiary/aromatic N) is 2. The topological polar surface area (TPSA) is 91.8 Å². The van der Waals surface area contributed by atoms with Gasteiger partial charge < -0.3 is 24.3 Å². The largest absolute Gasteiger partial charge is 1.00 e. The first kappa shape index (κ1) is 31.1. The molecule has 1 fully saturated rings. The number of ether oxygens (including phenoxy) is 2. The fourth-order valence-corrected chi connectivity index (χ4v) is 4.80. The van der Waals surface area contributed by atoms with E-state index in [4.69, 9.17) is 21.1 Å². The number of rotatable bonds is 13. The van der Waals surface area contributed by atoms with Crippen LogP contribution in [0.2, 0.25) is 5.02 Å². The van der Waals surface area contributed by atoms with Gasteiger partial charge in [0.05, 0.1) is 6.10 Å². The zero-order valence-electron chi connectivity index (χ0n) is 22.5. The number of carbonyl (C=O) groups excluding carboxylic acids is 2. The maximum atomic E-state index is 11.8. The van der Waals surface area contributed by atoms with Crippen LogP contribution in [0.15, 0.2) is 60.8 Å². The number of pyridine rings is 1. The number of likely N-dealkylation sites (tertiary alicyclic amines) is 1. The standard InChI is InChI=1S/C30H33ClN2O5.Na/c1-2-37-28(18-30(35)36)22-9-12-25(13-10-22)38-20-21-7-14-27(31)26(17-21)23-8-11-24(32-19-23)5-3-15-33-16-4-6-29(33)34;/h7-14,17,19,28H,2-6,15-16,18,20H2,1H3,(H,35,36);/q;+1/p-1/t28-;/m0./s1. The minimum atomic E-state index is -1.15. The van der Waals surface area contributed by atoms with Gasteiger partial charge in [-0.2, -0.15) is 0 Å². The second kappa shape index (κ2) is 15.4. The van der Waals surface area contributed by atoms with Gasteiger partial charge in [0.15, 0.2) is 0 Å². The molecule has 4 rings (SSSR count). The molecule has 1 saturated heterocycles. The average Bonchev–Trinajstić information content (AvgIpc) is 3.33. The molecule has 3 aromatic rings. The number of aromatic nitrogens is 1. The van der Waals surface area contributed by atoms with E-state index in [-0.39, 0.29) is 41.9 Å². The van der Waals surface area contributed by atoms with Crippen LogP contribution >= 0.6 is 11.6 Å². The molecule has 0 N–H and O–H groups in total. The van der Waals surface area contributed by atoms with Crippen molar-refractivity contribution in [3.05, 3.63) is 82.6 Å². The van der Waals surface area contributed by atoms with Gasteiger partial charge in [-0.05, 0) is 67.6 Å². The van der Waals surface area contributed by atoms with Gasteiger partial charge in [-0.1, -0.05) is 35.9 Å². The predicted molar refractivity (Wildman–Crippen MR) is 144 cm³/mol. The summed E-state index contributed by atoms with van der Waals surface area (Å²) in [5.74, 6) is -0.231. The Morgan fingerprint density at radius 1 is 1.15 bits per heavy atom. The smallest absolute Gasteiger partial charge is 0.550 e. The number of amides is 1. The first-order chi connectivity index (χ1) is 18.4. The van der Waals surface area contributed by atoms with Crippen LogP contribution in [-0.2, 0) is 27.4 Å². The Balaban J connectivity index is 0.00000420. The number of hydrogen-bond acceptors (Lipinski definition) is 6. The second-order valence-electron chi connectivity index (χ2n) is 9.32. The Morgan fingerprint density at radius 2 is 1.95 bits per heavy atom. The van der Waals surface area contributed by atoms with E-state index in [2.05, 4.69) is 4.98 Å². The van der Waals surface area contributed by atoms with Crippen LogP contribution in [0.5, 0.6) is 5.75 Å². The van der Waals surface area contributed by atoms with E-state index < -0.39 is 12.1 Å². The number of carboxylic acids is 1. The third-order valence-corrected chi connectivity index (χ3v) is 6.91. The SMILES string of the molecule is CCO[C@@H](CC(=O)[O-])c1ccc(OCc2ccc(Cl)c(-c3ccc(CCCN4CCCC4=O)nc3)c2)cc1.[Na+]. The number of halogens is 1. The zero-order chi connectivity index (χ0) is 26.9. The summed E-state index contributed by atoms with van der Waals surface area (Å²) in [7, 11) is 0. The molecule has 2 aromatic carbocycles. The number of carbonyl (C=O) groups is 2. The summed E-state index contributed by atoms with van der Waals surface area (Å²) in [6, 6.07) is 17.0. The molecule has 1 amide bonds. The monoisotopic (exact) mass is 558 g/mol. The second-order valence-corrected chi connectivity index (χ2v) is 9.73. The molecule has 200 valence electrons. The van der Waals surface area contributed by atoms with Crippen LogP contribution in [0, 0.1) is 0 Å². The van der Waals surface area contributed by atoms with Gasteiger partial charge in [-0.25, -0.2) is 0 Å². The summed E-state index contributed by atoms with van der Waals surface area (Å²) >= 11 is 6.50. The molecule has 0 aliphatic carbocycles. The maximum Gasteiger partial charge on any atom is 1.00 e. The molecule has 1 atom stereocenters. The normalized spacial score (nSPS) is 13.7. The molecule has 1 aromatic heterocycles. The van der Waals surface area contributed by atoms with E-state index in [9.17, 15) is 14.7 Å². The summed E-state index contributed by atoms with van der Waals surface area (Å²) in [6.45, 7) is 4.23. The summed E-state index contributed by atoms with van der Waals surface area (Å²) < 4.78 is 11.5. The number of aliphatic carboxylic acids is 1. The molecule has 9 heteroatoms. The van der Waals surface area contributed by atoms with E-state index in [0.29, 0.717) is 30.4 Å². The summed E-state index contributed by atoms with van der Waals surface area (Å²) in [5, 5.41) is 11.6. The number of benzene rings is 2. The Hall–Kier alpha value is -2.42. The van der Waals surface area contributed by atoms with Gasteiger partial charge >= 0.3 is 29.6 Å². The van der Waals surface area contributed by atoms with Crippen molar-refractivity contribution in [1.82, 2.24) is 9.88 Å². The third kappa shape index (κ3) is 9.05. The van der Waals surface area contributed by atoms with Crippen LogP contribution in [0.1, 0.15) is 55.5 Å². The van der Waals surface area contributed by atoms with Crippen LogP contribution in [0.25, 0.3) is 11.1 Å². The Kier molecular flexibility index (Phi) is 12.3. The molecule has 0 radical (unpaired) electrons. The first-order valence-corrected chi connectivity index (χ1v) is 13.4. The van der Waals surface area contributed by atoms with Crippen LogP contribution in [0.4, 0.5) is 0 Å². The quantitative estimate of drug-likeness (QED) is 0.297. The van der Waals surface area contributed by atoms with E-state index in [1.165, 1.54) is 0 Å². The van der Waals surface area contributed by atoms with Gasteiger partial charge in [0.2, 0.25) is 5.91 Å². The molecule has 0 saturated carbocycles. The van der Waals surface area contributed by atoms with Crippen LogP contribution < -0.4 is 39.4 Å². The summed E-state index contributed by atoms with van der Waals surface area (Å²) in [5.41, 5.74) is 4.52. The van der Waals surface area contributed by atoms with Crippen LogP contribution in [0.3, 0.4) is 0 Å². The molecule has 0 spiro atoms. The minimum Gasteiger partial charge on any atom is -0.550 e. The van der Waals surface area contributed by atoms with Crippen molar-refractivity contribution >= 4 is 23.5 Å². The van der Waals surface area contributed by atoms with E-state index in [1.807, 2.05) is 60.5 Å². The number of carboxylic acid groups (broad SMARTS) is 1. The molecule has 2 heterocycles.